The predicted molar refractivity (Wildman–Crippen MR) is 91.0 cm³/mol. The molecule has 0 radical (unpaired) electrons. The fraction of sp³-hybridized carbons (Fsp3) is 0.562. The Morgan fingerprint density at radius 2 is 2.17 bits per heavy atom. The second-order valence-electron chi connectivity index (χ2n) is 5.97. The molecule has 1 aliphatic heterocycles. The van der Waals surface area contributed by atoms with Gasteiger partial charge in [-0.25, -0.2) is 12.8 Å². The molecule has 1 aromatic rings. The third-order valence-electron chi connectivity index (χ3n) is 4.10. The van der Waals surface area contributed by atoms with Crippen molar-refractivity contribution in [2.24, 2.45) is 10.9 Å². The van der Waals surface area contributed by atoms with Gasteiger partial charge in [0, 0.05) is 20.1 Å². The highest BCUT2D eigenvalue weighted by Crippen LogP contribution is 2.17. The normalized spacial score (nSPS) is 20.5. The summed E-state index contributed by atoms with van der Waals surface area (Å²) in [6.45, 7) is 3.18. The number of aliphatic imine (C=N–C) groups is 1. The Kier molecular flexibility index (Phi) is 5.98. The Balaban J connectivity index is 1.75. The number of benzene rings is 1. The second kappa shape index (κ2) is 7.77. The molecule has 0 aliphatic carbocycles. The lowest BCUT2D eigenvalue weighted by Crippen LogP contribution is -2.40. The van der Waals surface area contributed by atoms with Crippen molar-refractivity contribution in [3.8, 4) is 0 Å². The summed E-state index contributed by atoms with van der Waals surface area (Å²) in [5.41, 5.74) is 2.03. The molecule has 1 fully saturated rings. The number of sulfone groups is 1. The topological polar surface area (TPSA) is 70.6 Å². The molecule has 0 spiro atoms. The van der Waals surface area contributed by atoms with Crippen LogP contribution in [0.2, 0.25) is 0 Å². The lowest BCUT2D eigenvalue weighted by atomic mass is 10.1. The molecule has 2 N–H and O–H groups in total. The van der Waals surface area contributed by atoms with Crippen molar-refractivity contribution in [2.45, 2.75) is 19.8 Å². The highest BCUT2D eigenvalue weighted by atomic mass is 32.2. The molecule has 7 heteroatoms. The van der Waals surface area contributed by atoms with E-state index in [1.54, 1.807) is 13.1 Å². The molecule has 2 rings (SSSR count). The molecule has 0 bridgehead atoms. The largest absolute Gasteiger partial charge is 0.356 e. The highest BCUT2D eigenvalue weighted by Gasteiger charge is 2.27. The Hall–Kier alpha value is -1.63. The smallest absolute Gasteiger partial charge is 0.190 e. The summed E-state index contributed by atoms with van der Waals surface area (Å²) >= 11 is 0. The zero-order chi connectivity index (χ0) is 16.9. The number of nitrogens with one attached hydrogen (secondary N) is 2. The van der Waals surface area contributed by atoms with E-state index in [4.69, 9.17) is 0 Å². The van der Waals surface area contributed by atoms with Crippen LogP contribution in [0.4, 0.5) is 4.39 Å². The van der Waals surface area contributed by atoms with Crippen molar-refractivity contribution < 1.29 is 12.8 Å². The minimum absolute atomic E-state index is 0.151. The van der Waals surface area contributed by atoms with Gasteiger partial charge in [0.15, 0.2) is 15.8 Å². The number of rotatable bonds is 5. The summed E-state index contributed by atoms with van der Waals surface area (Å²) in [6, 6.07) is 4.80. The molecule has 1 saturated heterocycles. The number of hydrogen-bond acceptors (Lipinski definition) is 3. The average molecular weight is 341 g/mol. The Morgan fingerprint density at radius 1 is 1.39 bits per heavy atom. The molecule has 0 saturated carbocycles. The molecule has 5 nitrogen and oxygen atoms in total. The highest BCUT2D eigenvalue weighted by molar-refractivity contribution is 7.91. The van der Waals surface area contributed by atoms with E-state index in [1.807, 2.05) is 6.92 Å². The van der Waals surface area contributed by atoms with Crippen LogP contribution in [0.1, 0.15) is 17.5 Å². The van der Waals surface area contributed by atoms with Crippen molar-refractivity contribution in [3.05, 3.63) is 35.1 Å². The van der Waals surface area contributed by atoms with Crippen LogP contribution in [0.3, 0.4) is 0 Å². The van der Waals surface area contributed by atoms with Crippen molar-refractivity contribution in [2.75, 3.05) is 31.6 Å². The SMILES string of the molecule is CN=C(NCCc1ccc(F)cc1C)NCC1CCS(=O)(=O)C1. The summed E-state index contributed by atoms with van der Waals surface area (Å²) in [4.78, 5) is 4.14. The van der Waals surface area contributed by atoms with Gasteiger partial charge in [-0.2, -0.15) is 0 Å². The minimum atomic E-state index is -2.84. The summed E-state index contributed by atoms with van der Waals surface area (Å²) in [5, 5.41) is 6.37. The third kappa shape index (κ3) is 5.49. The maximum atomic E-state index is 13.1. The first-order chi connectivity index (χ1) is 10.9. The van der Waals surface area contributed by atoms with Gasteiger partial charge in [0.25, 0.3) is 0 Å². The fourth-order valence-electron chi connectivity index (χ4n) is 2.75. The number of guanidine groups is 1. The van der Waals surface area contributed by atoms with Gasteiger partial charge in [0.1, 0.15) is 5.82 Å². The van der Waals surface area contributed by atoms with E-state index in [2.05, 4.69) is 15.6 Å². The van der Waals surface area contributed by atoms with E-state index in [-0.39, 0.29) is 23.2 Å². The van der Waals surface area contributed by atoms with Crippen molar-refractivity contribution >= 4 is 15.8 Å². The molecular formula is C16H24FN3O2S. The fourth-order valence-corrected chi connectivity index (χ4v) is 4.61. The zero-order valence-corrected chi connectivity index (χ0v) is 14.4. The quantitative estimate of drug-likeness (QED) is 0.625. The monoisotopic (exact) mass is 341 g/mol. The van der Waals surface area contributed by atoms with Crippen molar-refractivity contribution in [3.63, 3.8) is 0 Å². The van der Waals surface area contributed by atoms with Crippen LogP contribution in [-0.4, -0.2) is 46.0 Å². The number of hydrogen-bond donors (Lipinski definition) is 2. The van der Waals surface area contributed by atoms with E-state index in [1.165, 1.54) is 12.1 Å². The van der Waals surface area contributed by atoms with E-state index < -0.39 is 9.84 Å². The maximum absolute atomic E-state index is 13.1. The standard InChI is InChI=1S/C16H24FN3O2S/c1-12-9-15(17)4-3-14(12)5-7-19-16(18-2)20-10-13-6-8-23(21,22)11-13/h3-4,9,13H,5-8,10-11H2,1-2H3,(H2,18,19,20). The van der Waals surface area contributed by atoms with Gasteiger partial charge in [0.05, 0.1) is 11.5 Å². The van der Waals surface area contributed by atoms with Crippen LogP contribution >= 0.6 is 0 Å². The van der Waals surface area contributed by atoms with Gasteiger partial charge in [-0.1, -0.05) is 6.07 Å². The van der Waals surface area contributed by atoms with Gasteiger partial charge >= 0.3 is 0 Å². The molecule has 1 unspecified atom stereocenters. The van der Waals surface area contributed by atoms with Crippen LogP contribution in [0, 0.1) is 18.7 Å². The van der Waals surface area contributed by atoms with E-state index >= 15 is 0 Å². The van der Waals surface area contributed by atoms with E-state index in [0.29, 0.717) is 25.5 Å². The van der Waals surface area contributed by atoms with E-state index in [0.717, 1.165) is 17.5 Å². The molecule has 1 atom stereocenters. The van der Waals surface area contributed by atoms with Crippen LogP contribution in [0.5, 0.6) is 0 Å². The molecule has 0 aromatic heterocycles. The van der Waals surface area contributed by atoms with Crippen molar-refractivity contribution in [1.29, 1.82) is 0 Å². The lowest BCUT2D eigenvalue weighted by Gasteiger charge is -2.15. The molecule has 128 valence electrons. The second-order valence-corrected chi connectivity index (χ2v) is 8.20. The molecule has 0 amide bonds. The van der Waals surface area contributed by atoms with E-state index in [9.17, 15) is 12.8 Å². The minimum Gasteiger partial charge on any atom is -0.356 e. The average Bonchev–Trinajstić information content (AvgIpc) is 2.84. The van der Waals surface area contributed by atoms with Gasteiger partial charge in [-0.3, -0.25) is 4.99 Å². The zero-order valence-electron chi connectivity index (χ0n) is 13.6. The summed E-state index contributed by atoms with van der Waals surface area (Å²) in [6.07, 6.45) is 1.48. The van der Waals surface area contributed by atoms with Gasteiger partial charge in [0.2, 0.25) is 0 Å². The predicted octanol–water partition coefficient (Wildman–Crippen LogP) is 1.28. The first-order valence-electron chi connectivity index (χ1n) is 7.79. The molecule has 1 heterocycles. The van der Waals surface area contributed by atoms with Gasteiger partial charge in [-0.05, 0) is 48.9 Å². The van der Waals surface area contributed by atoms with Crippen LogP contribution in [-0.2, 0) is 16.3 Å². The van der Waals surface area contributed by atoms with Gasteiger partial charge < -0.3 is 10.6 Å². The van der Waals surface area contributed by atoms with Crippen LogP contribution < -0.4 is 10.6 Å². The number of aryl methyl sites for hydroxylation is 1. The van der Waals surface area contributed by atoms with Crippen LogP contribution in [0.15, 0.2) is 23.2 Å². The first kappa shape index (κ1) is 17.7. The summed E-state index contributed by atoms with van der Waals surface area (Å²) in [7, 11) is -1.16. The Labute approximate surface area is 137 Å². The van der Waals surface area contributed by atoms with Crippen molar-refractivity contribution in [1.82, 2.24) is 10.6 Å². The third-order valence-corrected chi connectivity index (χ3v) is 5.94. The summed E-state index contributed by atoms with van der Waals surface area (Å²) in [5.74, 6) is 1.14. The molecule has 1 aliphatic rings. The Morgan fingerprint density at radius 3 is 2.78 bits per heavy atom. The number of halogens is 1. The van der Waals surface area contributed by atoms with Gasteiger partial charge in [-0.15, -0.1) is 0 Å². The lowest BCUT2D eigenvalue weighted by molar-refractivity contribution is 0.567. The first-order valence-corrected chi connectivity index (χ1v) is 9.62. The maximum Gasteiger partial charge on any atom is 0.190 e. The van der Waals surface area contributed by atoms with Crippen LogP contribution in [0.25, 0.3) is 0 Å². The summed E-state index contributed by atoms with van der Waals surface area (Å²) < 4.78 is 35.9. The molecule has 1 aromatic carbocycles. The Bertz CT molecular complexity index is 674. The number of nitrogens with zero attached hydrogens (tertiary/aromatic N) is 1. The molecule has 23 heavy (non-hydrogen) atoms. The molecular weight excluding hydrogens is 317 g/mol.